The Hall–Kier alpha value is -1.69. The van der Waals surface area contributed by atoms with Crippen molar-refractivity contribution in [3.05, 3.63) is 39.1 Å². The van der Waals surface area contributed by atoms with E-state index in [9.17, 15) is 9.18 Å². The highest BCUT2D eigenvalue weighted by Crippen LogP contribution is 2.43. The molecule has 0 atom stereocenters. The van der Waals surface area contributed by atoms with Crippen LogP contribution in [0.5, 0.6) is 0 Å². The SMILES string of the molecule is CN(C(=O)OC(C)(C)C)c1cc(F)c(Cl)c2c1[nH]c1ccc(Cl)c(Cl)c12. The van der Waals surface area contributed by atoms with E-state index in [1.165, 1.54) is 18.0 Å². The maximum atomic E-state index is 14.5. The minimum atomic E-state index is -0.688. The molecule has 8 heteroatoms. The van der Waals surface area contributed by atoms with Crippen molar-refractivity contribution < 1.29 is 13.9 Å². The van der Waals surface area contributed by atoms with Crippen LogP contribution in [0.25, 0.3) is 21.8 Å². The van der Waals surface area contributed by atoms with Gasteiger partial charge >= 0.3 is 6.09 Å². The summed E-state index contributed by atoms with van der Waals surface area (Å²) in [6, 6.07) is 4.53. The molecule has 0 saturated heterocycles. The second-order valence-corrected chi connectivity index (χ2v) is 8.05. The number of nitrogens with one attached hydrogen (secondary N) is 1. The number of carbonyl (C=O) groups is 1. The van der Waals surface area contributed by atoms with Gasteiger partial charge in [-0.1, -0.05) is 34.8 Å². The number of aromatic nitrogens is 1. The van der Waals surface area contributed by atoms with Gasteiger partial charge in [0.1, 0.15) is 11.4 Å². The Kier molecular flexibility index (Phi) is 4.76. The second-order valence-electron chi connectivity index (χ2n) is 6.89. The Morgan fingerprint density at radius 2 is 1.81 bits per heavy atom. The molecular weight excluding hydrogens is 402 g/mol. The van der Waals surface area contributed by atoms with Gasteiger partial charge in [0.2, 0.25) is 0 Å². The predicted molar refractivity (Wildman–Crippen MR) is 105 cm³/mol. The molecule has 0 bridgehead atoms. The van der Waals surface area contributed by atoms with Gasteiger partial charge in [0.15, 0.2) is 0 Å². The quantitative estimate of drug-likeness (QED) is 0.473. The van der Waals surface area contributed by atoms with E-state index in [4.69, 9.17) is 39.5 Å². The van der Waals surface area contributed by atoms with Crippen molar-refractivity contribution in [2.45, 2.75) is 26.4 Å². The first-order valence-corrected chi connectivity index (χ1v) is 8.88. The lowest BCUT2D eigenvalue weighted by Gasteiger charge is -2.25. The van der Waals surface area contributed by atoms with E-state index in [0.717, 1.165) is 0 Å². The smallest absolute Gasteiger partial charge is 0.414 e. The third-order valence-corrected chi connectivity index (χ3v) is 5.01. The van der Waals surface area contributed by atoms with Crippen LogP contribution in [0, 0.1) is 5.82 Å². The number of fused-ring (bicyclic) bond motifs is 3. The minimum absolute atomic E-state index is 0.100. The van der Waals surface area contributed by atoms with Gasteiger partial charge in [0, 0.05) is 29.4 Å². The highest BCUT2D eigenvalue weighted by molar-refractivity contribution is 6.48. The average Bonchev–Trinajstić information content (AvgIpc) is 2.92. The summed E-state index contributed by atoms with van der Waals surface area (Å²) < 4.78 is 19.9. The lowest BCUT2D eigenvalue weighted by Crippen LogP contribution is -2.34. The molecule has 0 aliphatic heterocycles. The monoisotopic (exact) mass is 416 g/mol. The van der Waals surface area contributed by atoms with Gasteiger partial charge in [-0.05, 0) is 32.9 Å². The molecule has 138 valence electrons. The topological polar surface area (TPSA) is 45.3 Å². The molecule has 0 saturated carbocycles. The Labute approximate surface area is 164 Å². The van der Waals surface area contributed by atoms with Gasteiger partial charge in [-0.3, -0.25) is 4.90 Å². The molecule has 4 nitrogen and oxygen atoms in total. The normalized spacial score (nSPS) is 12.0. The Bertz CT molecular complexity index is 1040. The average molecular weight is 418 g/mol. The van der Waals surface area contributed by atoms with E-state index < -0.39 is 17.5 Å². The molecule has 3 aromatic rings. The van der Waals surface area contributed by atoms with Crippen LogP contribution in [0.3, 0.4) is 0 Å². The molecule has 1 amide bonds. The Morgan fingerprint density at radius 1 is 1.15 bits per heavy atom. The van der Waals surface area contributed by atoms with Crippen molar-refractivity contribution in [1.82, 2.24) is 4.98 Å². The summed E-state index contributed by atoms with van der Waals surface area (Å²) in [5.41, 5.74) is 0.677. The fourth-order valence-electron chi connectivity index (χ4n) is 2.70. The van der Waals surface area contributed by atoms with E-state index in [-0.39, 0.29) is 15.7 Å². The summed E-state index contributed by atoms with van der Waals surface area (Å²) in [5, 5.41) is 1.34. The maximum absolute atomic E-state index is 14.5. The standard InChI is InChI=1S/C18H16Cl3FN2O2/c1-18(2,3)26-17(25)24(4)11-7-9(22)15(21)13-12-10(23-16(11)13)6-5-8(19)14(12)20/h5-7,23H,1-4H3. The number of halogens is 4. The second kappa shape index (κ2) is 6.48. The van der Waals surface area contributed by atoms with Crippen molar-refractivity contribution in [1.29, 1.82) is 0 Å². The molecule has 1 heterocycles. The van der Waals surface area contributed by atoms with Gasteiger partial charge in [-0.2, -0.15) is 0 Å². The van der Waals surface area contributed by atoms with Crippen molar-refractivity contribution in [2.24, 2.45) is 0 Å². The first-order chi connectivity index (χ1) is 12.0. The van der Waals surface area contributed by atoms with Gasteiger partial charge in [-0.25, -0.2) is 9.18 Å². The highest BCUT2D eigenvalue weighted by Gasteiger charge is 2.25. The van der Waals surface area contributed by atoms with Crippen LogP contribution in [-0.4, -0.2) is 23.7 Å². The van der Waals surface area contributed by atoms with Gasteiger partial charge in [0.05, 0.1) is 26.3 Å². The lowest BCUT2D eigenvalue weighted by atomic mass is 10.1. The van der Waals surface area contributed by atoms with Crippen molar-refractivity contribution >= 4 is 68.4 Å². The summed E-state index contributed by atoms with van der Waals surface area (Å²) in [6.07, 6.45) is -0.622. The van der Waals surface area contributed by atoms with Crippen LogP contribution in [0.2, 0.25) is 15.1 Å². The van der Waals surface area contributed by atoms with Crippen LogP contribution in [-0.2, 0) is 4.74 Å². The molecule has 0 spiro atoms. The zero-order chi connectivity index (χ0) is 19.4. The zero-order valence-electron chi connectivity index (χ0n) is 14.5. The molecular formula is C18H16Cl3FN2O2. The molecule has 26 heavy (non-hydrogen) atoms. The number of anilines is 1. The summed E-state index contributed by atoms with van der Waals surface area (Å²) in [6.45, 7) is 5.25. The summed E-state index contributed by atoms with van der Waals surface area (Å²) in [7, 11) is 1.50. The van der Waals surface area contributed by atoms with Crippen molar-refractivity contribution in [3.8, 4) is 0 Å². The summed E-state index contributed by atoms with van der Waals surface area (Å²) in [5.74, 6) is -0.679. The first-order valence-electron chi connectivity index (χ1n) is 7.75. The van der Waals surface area contributed by atoms with Crippen LogP contribution in [0.1, 0.15) is 20.8 Å². The fourth-order valence-corrected chi connectivity index (χ4v) is 3.36. The van der Waals surface area contributed by atoms with E-state index in [2.05, 4.69) is 4.98 Å². The zero-order valence-corrected chi connectivity index (χ0v) is 16.8. The predicted octanol–water partition coefficient (Wildman–Crippen LogP) is 6.79. The number of rotatable bonds is 1. The number of amides is 1. The van der Waals surface area contributed by atoms with Gasteiger partial charge in [0.25, 0.3) is 0 Å². The Balaban J connectivity index is 2.29. The third kappa shape index (κ3) is 3.20. The third-order valence-electron chi connectivity index (χ3n) is 3.83. The molecule has 3 rings (SSSR count). The van der Waals surface area contributed by atoms with Crippen LogP contribution >= 0.6 is 34.8 Å². The van der Waals surface area contributed by atoms with Crippen LogP contribution in [0.15, 0.2) is 18.2 Å². The van der Waals surface area contributed by atoms with Gasteiger partial charge in [-0.15, -0.1) is 0 Å². The van der Waals surface area contributed by atoms with Crippen LogP contribution in [0.4, 0.5) is 14.9 Å². The number of hydrogen-bond donors (Lipinski definition) is 1. The number of ether oxygens (including phenoxy) is 1. The number of H-pyrrole nitrogens is 1. The molecule has 0 fully saturated rings. The molecule has 0 radical (unpaired) electrons. The van der Waals surface area contributed by atoms with Crippen LogP contribution < -0.4 is 4.90 Å². The van der Waals surface area contributed by atoms with Crippen molar-refractivity contribution in [3.63, 3.8) is 0 Å². The van der Waals surface area contributed by atoms with E-state index >= 15 is 0 Å². The lowest BCUT2D eigenvalue weighted by molar-refractivity contribution is 0.0589. The maximum Gasteiger partial charge on any atom is 0.414 e. The highest BCUT2D eigenvalue weighted by atomic mass is 35.5. The molecule has 0 aliphatic carbocycles. The van der Waals surface area contributed by atoms with E-state index in [0.29, 0.717) is 26.8 Å². The summed E-state index contributed by atoms with van der Waals surface area (Å²) >= 11 is 18.6. The fraction of sp³-hybridized carbons (Fsp3) is 0.278. The molecule has 2 aromatic carbocycles. The largest absolute Gasteiger partial charge is 0.443 e. The van der Waals surface area contributed by atoms with Gasteiger partial charge < -0.3 is 9.72 Å². The Morgan fingerprint density at radius 3 is 2.42 bits per heavy atom. The molecule has 0 unspecified atom stereocenters. The first kappa shape index (κ1) is 19.1. The van der Waals surface area contributed by atoms with E-state index in [1.807, 2.05) is 0 Å². The molecule has 1 N–H and O–H groups in total. The molecule has 0 aliphatic rings. The minimum Gasteiger partial charge on any atom is -0.443 e. The number of hydrogen-bond acceptors (Lipinski definition) is 2. The molecule has 1 aromatic heterocycles. The number of carbonyl (C=O) groups excluding carboxylic acids is 1. The summed E-state index contributed by atoms with van der Waals surface area (Å²) in [4.78, 5) is 16.8. The number of benzene rings is 2. The number of aromatic amines is 1. The van der Waals surface area contributed by atoms with Crippen molar-refractivity contribution in [2.75, 3.05) is 11.9 Å². The van der Waals surface area contributed by atoms with E-state index in [1.54, 1.807) is 32.9 Å². The number of nitrogens with zero attached hydrogens (tertiary/aromatic N) is 1.